The summed E-state index contributed by atoms with van der Waals surface area (Å²) in [4.78, 5) is 12.4. The molecule has 0 N–H and O–H groups in total. The van der Waals surface area contributed by atoms with Crippen molar-refractivity contribution in [2.45, 2.75) is 106 Å². The van der Waals surface area contributed by atoms with E-state index in [0.29, 0.717) is 17.1 Å². The van der Waals surface area contributed by atoms with Crippen LogP contribution in [-0.2, 0) is 4.79 Å². The molecule has 0 aromatic carbocycles. The highest BCUT2D eigenvalue weighted by molar-refractivity contribution is 5.96. The Morgan fingerprint density at radius 3 is 2.48 bits per heavy atom. The van der Waals surface area contributed by atoms with Gasteiger partial charge in [-0.05, 0) is 103 Å². The maximum absolute atomic E-state index is 12.4. The highest BCUT2D eigenvalue weighted by atomic mass is 16.1. The summed E-state index contributed by atoms with van der Waals surface area (Å²) in [5.41, 5.74) is 1.91. The zero-order chi connectivity index (χ0) is 21.0. The highest BCUT2D eigenvalue weighted by Crippen LogP contribution is 2.67. The van der Waals surface area contributed by atoms with Crippen LogP contribution in [0.2, 0.25) is 0 Å². The van der Waals surface area contributed by atoms with Crippen LogP contribution < -0.4 is 0 Å². The molecule has 0 aromatic heterocycles. The summed E-state index contributed by atoms with van der Waals surface area (Å²) >= 11 is 0. The number of Topliss-reactive ketones (excluding diaryl/α,β-unsaturated/α-hetero) is 1. The van der Waals surface area contributed by atoms with Crippen molar-refractivity contribution < 1.29 is 4.79 Å². The second kappa shape index (κ2) is 7.83. The predicted molar refractivity (Wildman–Crippen MR) is 123 cm³/mol. The van der Waals surface area contributed by atoms with Crippen molar-refractivity contribution in [3.63, 3.8) is 0 Å². The van der Waals surface area contributed by atoms with E-state index in [0.717, 1.165) is 47.5 Å². The molecule has 4 aliphatic rings. The van der Waals surface area contributed by atoms with E-state index in [1.54, 1.807) is 0 Å². The van der Waals surface area contributed by atoms with Crippen molar-refractivity contribution in [3.8, 4) is 0 Å². The molecule has 0 spiro atoms. The van der Waals surface area contributed by atoms with Gasteiger partial charge in [-0.1, -0.05) is 60.0 Å². The maximum atomic E-state index is 12.4. The third-order valence-electron chi connectivity index (χ3n) is 10.6. The Bertz CT molecular complexity index is 659. The molecule has 3 fully saturated rings. The third-order valence-corrected chi connectivity index (χ3v) is 10.6. The van der Waals surface area contributed by atoms with Gasteiger partial charge in [-0.2, -0.15) is 0 Å². The van der Waals surface area contributed by atoms with Crippen LogP contribution in [0.4, 0.5) is 0 Å². The van der Waals surface area contributed by atoms with Crippen LogP contribution in [0, 0.1) is 52.3 Å². The number of hydrogen-bond donors (Lipinski definition) is 0. The lowest BCUT2D eigenvalue weighted by Gasteiger charge is -2.59. The zero-order valence-corrected chi connectivity index (χ0v) is 20.1. The average Bonchev–Trinajstić information content (AvgIpc) is 3.00. The molecule has 0 aliphatic heterocycles. The van der Waals surface area contributed by atoms with Crippen LogP contribution in [-0.4, -0.2) is 5.78 Å². The largest absolute Gasteiger partial charge is 0.295 e. The van der Waals surface area contributed by atoms with E-state index >= 15 is 0 Å². The van der Waals surface area contributed by atoms with Gasteiger partial charge >= 0.3 is 0 Å². The Morgan fingerprint density at radius 1 is 1.00 bits per heavy atom. The molecule has 8 unspecified atom stereocenters. The smallest absolute Gasteiger partial charge is 0.158 e. The van der Waals surface area contributed by atoms with Crippen LogP contribution in [0.5, 0.6) is 0 Å². The maximum Gasteiger partial charge on any atom is 0.158 e. The molecule has 0 saturated heterocycles. The summed E-state index contributed by atoms with van der Waals surface area (Å²) in [6.07, 6.45) is 16.0. The van der Waals surface area contributed by atoms with Gasteiger partial charge in [0.2, 0.25) is 0 Å². The summed E-state index contributed by atoms with van der Waals surface area (Å²) < 4.78 is 0. The molecule has 0 amide bonds. The molecule has 4 rings (SSSR count). The summed E-state index contributed by atoms with van der Waals surface area (Å²) in [6.45, 7) is 14.6. The first-order valence-corrected chi connectivity index (χ1v) is 12.9. The summed E-state index contributed by atoms with van der Waals surface area (Å²) in [6, 6.07) is 0. The van der Waals surface area contributed by atoms with E-state index < -0.39 is 0 Å². The van der Waals surface area contributed by atoms with Gasteiger partial charge in [-0.3, -0.25) is 4.79 Å². The second-order valence-electron chi connectivity index (χ2n) is 12.5. The fourth-order valence-corrected chi connectivity index (χ4v) is 8.97. The standard InChI is InChI=1S/C28H46O/c1-18(2)8-7-9-19(3)23-12-13-24-22-11-10-21-16-26(29)20(4)17-28(21,6)25(22)14-15-27(23,24)5/h17-19,21-25H,7-16H2,1-6H3. The Hall–Kier alpha value is -0.590. The lowest BCUT2D eigenvalue weighted by Crippen LogP contribution is -2.53. The molecule has 3 saturated carbocycles. The second-order valence-corrected chi connectivity index (χ2v) is 12.5. The molecule has 164 valence electrons. The topological polar surface area (TPSA) is 17.1 Å². The van der Waals surface area contributed by atoms with E-state index in [-0.39, 0.29) is 5.41 Å². The Morgan fingerprint density at radius 2 is 1.76 bits per heavy atom. The van der Waals surface area contributed by atoms with E-state index in [1.807, 2.05) is 0 Å². The number of ketones is 1. The van der Waals surface area contributed by atoms with Crippen LogP contribution in [0.1, 0.15) is 106 Å². The number of fused-ring (bicyclic) bond motifs is 5. The molecular formula is C28H46O. The highest BCUT2D eigenvalue weighted by Gasteiger charge is 2.60. The molecule has 1 nitrogen and oxygen atoms in total. The summed E-state index contributed by atoms with van der Waals surface area (Å²) in [7, 11) is 0. The molecular weight excluding hydrogens is 352 g/mol. The van der Waals surface area contributed by atoms with Crippen LogP contribution in [0.25, 0.3) is 0 Å². The average molecular weight is 399 g/mol. The number of hydrogen-bond acceptors (Lipinski definition) is 1. The molecule has 8 atom stereocenters. The van der Waals surface area contributed by atoms with Crippen molar-refractivity contribution in [1.82, 2.24) is 0 Å². The first-order chi connectivity index (χ1) is 13.7. The van der Waals surface area contributed by atoms with Crippen molar-refractivity contribution in [2.24, 2.45) is 52.3 Å². The third kappa shape index (κ3) is 3.57. The number of carbonyl (C=O) groups excluding carboxylic acids is 1. The van der Waals surface area contributed by atoms with E-state index in [9.17, 15) is 4.79 Å². The van der Waals surface area contributed by atoms with Crippen LogP contribution >= 0.6 is 0 Å². The quantitative estimate of drug-likeness (QED) is 0.461. The monoisotopic (exact) mass is 398 g/mol. The Kier molecular flexibility index (Phi) is 5.84. The van der Waals surface area contributed by atoms with Gasteiger partial charge in [0.05, 0.1) is 0 Å². The minimum Gasteiger partial charge on any atom is -0.295 e. The zero-order valence-electron chi connectivity index (χ0n) is 20.1. The normalized spacial score (nSPS) is 45.4. The molecule has 0 bridgehead atoms. The lowest BCUT2D eigenvalue weighted by molar-refractivity contribution is -0.124. The van der Waals surface area contributed by atoms with Gasteiger partial charge in [0.15, 0.2) is 5.78 Å². The van der Waals surface area contributed by atoms with Crippen molar-refractivity contribution in [1.29, 1.82) is 0 Å². The van der Waals surface area contributed by atoms with Crippen molar-refractivity contribution >= 4 is 5.78 Å². The van der Waals surface area contributed by atoms with Gasteiger partial charge in [0, 0.05) is 6.42 Å². The van der Waals surface area contributed by atoms with Crippen LogP contribution in [0.15, 0.2) is 11.6 Å². The molecule has 0 heterocycles. The van der Waals surface area contributed by atoms with Gasteiger partial charge in [-0.25, -0.2) is 0 Å². The Labute approximate surface area is 180 Å². The number of allylic oxidation sites excluding steroid dienone is 2. The first kappa shape index (κ1) is 21.6. The summed E-state index contributed by atoms with van der Waals surface area (Å²) in [5.74, 6) is 6.36. The Balaban J connectivity index is 1.51. The predicted octanol–water partition coefficient (Wildman–Crippen LogP) is 7.84. The van der Waals surface area contributed by atoms with Gasteiger partial charge in [-0.15, -0.1) is 0 Å². The first-order valence-electron chi connectivity index (χ1n) is 12.9. The SMILES string of the molecule is CC1=CC2(C)C(CCC3C2CCC2(C)C(C(C)CCCC(C)C)CCC32)CC1=O. The summed E-state index contributed by atoms with van der Waals surface area (Å²) in [5, 5.41) is 0. The van der Waals surface area contributed by atoms with Crippen molar-refractivity contribution in [3.05, 3.63) is 11.6 Å². The number of rotatable bonds is 5. The fourth-order valence-electron chi connectivity index (χ4n) is 8.97. The molecule has 0 aromatic rings. The van der Waals surface area contributed by atoms with E-state index in [1.165, 1.54) is 57.8 Å². The molecule has 4 aliphatic carbocycles. The molecule has 1 heteroatoms. The van der Waals surface area contributed by atoms with Gasteiger partial charge < -0.3 is 0 Å². The minimum absolute atomic E-state index is 0.281. The van der Waals surface area contributed by atoms with E-state index in [4.69, 9.17) is 0 Å². The lowest BCUT2D eigenvalue weighted by atomic mass is 9.45. The van der Waals surface area contributed by atoms with Crippen molar-refractivity contribution in [2.75, 3.05) is 0 Å². The minimum atomic E-state index is 0.281. The fraction of sp³-hybridized carbons (Fsp3) is 0.893. The van der Waals surface area contributed by atoms with Crippen LogP contribution in [0.3, 0.4) is 0 Å². The number of carbonyl (C=O) groups is 1. The van der Waals surface area contributed by atoms with Gasteiger partial charge in [0.1, 0.15) is 0 Å². The van der Waals surface area contributed by atoms with Gasteiger partial charge in [0.25, 0.3) is 0 Å². The molecule has 29 heavy (non-hydrogen) atoms. The molecule has 0 radical (unpaired) electrons. The van der Waals surface area contributed by atoms with E-state index in [2.05, 4.69) is 47.6 Å².